The first-order valence-electron chi connectivity index (χ1n) is 4.95. The number of hydrogen-bond donors (Lipinski definition) is 0. The molecule has 94 valence electrons. The van der Waals surface area contributed by atoms with Crippen molar-refractivity contribution in [3.8, 4) is 11.8 Å². The van der Waals surface area contributed by atoms with E-state index in [1.807, 2.05) is 0 Å². The molecule has 1 aromatic rings. The second-order valence-corrected chi connectivity index (χ2v) is 3.76. The summed E-state index contributed by atoms with van der Waals surface area (Å²) >= 11 is 1.20. The summed E-state index contributed by atoms with van der Waals surface area (Å²) < 4.78 is 14.9. The van der Waals surface area contributed by atoms with Gasteiger partial charge in [0.25, 0.3) is 0 Å². The van der Waals surface area contributed by atoms with Crippen LogP contribution in [-0.4, -0.2) is 36.1 Å². The summed E-state index contributed by atoms with van der Waals surface area (Å²) in [5.74, 6) is 0.720. The molecule has 0 saturated heterocycles. The number of ether oxygens (including phenoxy) is 3. The smallest absolute Gasteiger partial charge is 0.306 e. The first-order chi connectivity index (χ1) is 8.19. The Hall–Kier alpha value is -1.50. The third-order valence-electron chi connectivity index (χ3n) is 1.77. The maximum Gasteiger partial charge on any atom is 0.306 e. The molecule has 1 rings (SSSR count). The van der Waals surface area contributed by atoms with E-state index in [-0.39, 0.29) is 11.9 Å². The Morgan fingerprint density at radius 3 is 2.35 bits per heavy atom. The molecule has 1 heterocycles. The number of nitrogens with zero attached hydrogens (tertiary/aromatic N) is 2. The van der Waals surface area contributed by atoms with Gasteiger partial charge in [0.1, 0.15) is 5.94 Å². The van der Waals surface area contributed by atoms with Gasteiger partial charge in [-0.3, -0.25) is 4.79 Å². The van der Waals surface area contributed by atoms with Crippen LogP contribution in [0.1, 0.15) is 13.3 Å². The molecule has 0 aliphatic rings. The van der Waals surface area contributed by atoms with Gasteiger partial charge in [0, 0.05) is 6.42 Å². The van der Waals surface area contributed by atoms with Crippen molar-refractivity contribution in [2.45, 2.75) is 18.5 Å². The number of carbonyl (C=O) groups excluding carboxylic acids is 1. The Morgan fingerprint density at radius 1 is 1.29 bits per heavy atom. The van der Waals surface area contributed by atoms with Crippen molar-refractivity contribution in [3.63, 3.8) is 0 Å². The molecular formula is C10H14N2O4S. The number of aromatic nitrogens is 2. The van der Waals surface area contributed by atoms with Crippen molar-refractivity contribution in [2.75, 3.05) is 20.2 Å². The van der Waals surface area contributed by atoms with Gasteiger partial charge >= 0.3 is 5.97 Å². The molecule has 7 heteroatoms. The fourth-order valence-electron chi connectivity index (χ4n) is 0.907. The second kappa shape index (κ2) is 6.95. The number of hydrogen-bond acceptors (Lipinski definition) is 7. The molecule has 0 aromatic carbocycles. The molecule has 0 spiro atoms. The number of carbonyl (C=O) groups is 1. The van der Waals surface area contributed by atoms with Crippen LogP contribution in [0, 0.1) is 0 Å². The highest BCUT2D eigenvalue weighted by molar-refractivity contribution is 7.99. The second-order valence-electron chi connectivity index (χ2n) is 2.87. The van der Waals surface area contributed by atoms with Crippen LogP contribution in [0.25, 0.3) is 0 Å². The number of methoxy groups -OCH3 is 2. The lowest BCUT2D eigenvalue weighted by atomic mass is 10.5. The van der Waals surface area contributed by atoms with E-state index in [2.05, 4.69) is 9.97 Å². The summed E-state index contributed by atoms with van der Waals surface area (Å²) in [7, 11) is 3.01. The fraction of sp³-hybridized carbons (Fsp3) is 0.500. The van der Waals surface area contributed by atoms with Gasteiger partial charge in [-0.2, -0.15) is 9.97 Å². The molecule has 0 unspecified atom stereocenters. The minimum absolute atomic E-state index is 0.170. The normalized spacial score (nSPS) is 9.82. The van der Waals surface area contributed by atoms with Crippen molar-refractivity contribution in [2.24, 2.45) is 0 Å². The summed E-state index contributed by atoms with van der Waals surface area (Å²) in [5, 5.41) is 0.435. The molecule has 0 aliphatic heterocycles. The molecule has 0 N–H and O–H groups in total. The van der Waals surface area contributed by atoms with E-state index in [0.717, 1.165) is 0 Å². The van der Waals surface area contributed by atoms with Crippen molar-refractivity contribution < 1.29 is 19.0 Å². The lowest BCUT2D eigenvalue weighted by Gasteiger charge is -2.06. The summed E-state index contributed by atoms with van der Waals surface area (Å²) in [4.78, 5) is 19.1. The average Bonchev–Trinajstić information content (AvgIpc) is 2.37. The van der Waals surface area contributed by atoms with E-state index in [0.29, 0.717) is 23.3 Å². The molecule has 0 atom stereocenters. The highest BCUT2D eigenvalue weighted by atomic mass is 32.2. The lowest BCUT2D eigenvalue weighted by molar-refractivity contribution is -0.140. The van der Waals surface area contributed by atoms with E-state index >= 15 is 0 Å². The van der Waals surface area contributed by atoms with Crippen molar-refractivity contribution in [1.29, 1.82) is 0 Å². The van der Waals surface area contributed by atoms with E-state index < -0.39 is 0 Å². The summed E-state index contributed by atoms with van der Waals surface area (Å²) in [5.41, 5.74) is 0. The SMILES string of the molecule is CCC(=O)OCSc1nc(OC)cc(OC)n1. The van der Waals surface area contributed by atoms with E-state index in [4.69, 9.17) is 14.2 Å². The van der Waals surface area contributed by atoms with E-state index in [1.165, 1.54) is 26.0 Å². The van der Waals surface area contributed by atoms with Crippen molar-refractivity contribution in [1.82, 2.24) is 9.97 Å². The van der Waals surface area contributed by atoms with Gasteiger partial charge in [0.05, 0.1) is 20.3 Å². The predicted octanol–water partition coefficient (Wildman–Crippen LogP) is 1.50. The van der Waals surface area contributed by atoms with Gasteiger partial charge in [-0.25, -0.2) is 0 Å². The first-order valence-corrected chi connectivity index (χ1v) is 5.93. The topological polar surface area (TPSA) is 70.5 Å². The van der Waals surface area contributed by atoms with Crippen LogP contribution in [0.5, 0.6) is 11.8 Å². The Labute approximate surface area is 104 Å². The molecule has 0 radical (unpaired) electrons. The van der Waals surface area contributed by atoms with Crippen molar-refractivity contribution in [3.05, 3.63) is 6.07 Å². The van der Waals surface area contributed by atoms with Gasteiger partial charge in [-0.1, -0.05) is 6.92 Å². The van der Waals surface area contributed by atoms with Gasteiger partial charge in [0.15, 0.2) is 5.16 Å². The molecule has 0 fully saturated rings. The van der Waals surface area contributed by atoms with Crippen LogP contribution < -0.4 is 9.47 Å². The Balaban J connectivity index is 2.60. The molecule has 0 bridgehead atoms. The standard InChI is InChI=1S/C10H14N2O4S/c1-4-9(13)16-6-17-10-11-7(14-2)5-8(12-10)15-3/h5H,4,6H2,1-3H3. The average molecular weight is 258 g/mol. The first kappa shape index (κ1) is 13.6. The third kappa shape index (κ3) is 4.48. The van der Waals surface area contributed by atoms with E-state index in [1.54, 1.807) is 13.0 Å². The van der Waals surface area contributed by atoms with Crippen LogP contribution in [0.2, 0.25) is 0 Å². The zero-order valence-electron chi connectivity index (χ0n) is 9.93. The van der Waals surface area contributed by atoms with E-state index in [9.17, 15) is 4.79 Å². The maximum atomic E-state index is 10.9. The molecule has 0 saturated carbocycles. The lowest BCUT2D eigenvalue weighted by Crippen LogP contribution is -2.02. The van der Waals surface area contributed by atoms with Gasteiger partial charge in [-0.05, 0) is 11.8 Å². The Morgan fingerprint density at radius 2 is 1.88 bits per heavy atom. The molecule has 0 aliphatic carbocycles. The van der Waals surface area contributed by atoms with Crippen molar-refractivity contribution >= 4 is 17.7 Å². The number of thioether (sulfide) groups is 1. The number of esters is 1. The molecule has 17 heavy (non-hydrogen) atoms. The monoisotopic (exact) mass is 258 g/mol. The third-order valence-corrected chi connectivity index (χ3v) is 2.45. The van der Waals surface area contributed by atoms with Crippen LogP contribution in [-0.2, 0) is 9.53 Å². The highest BCUT2D eigenvalue weighted by Gasteiger charge is 2.07. The summed E-state index contributed by atoms with van der Waals surface area (Å²) in [6.45, 7) is 1.73. The zero-order chi connectivity index (χ0) is 12.7. The summed E-state index contributed by atoms with van der Waals surface area (Å²) in [6, 6.07) is 1.57. The maximum absolute atomic E-state index is 10.9. The van der Waals surface area contributed by atoms with Gasteiger partial charge in [-0.15, -0.1) is 0 Å². The Kier molecular flexibility index (Phi) is 5.55. The summed E-state index contributed by atoms with van der Waals surface area (Å²) in [6.07, 6.45) is 0.350. The minimum atomic E-state index is -0.257. The number of rotatable bonds is 6. The fourth-order valence-corrected chi connectivity index (χ4v) is 1.51. The quantitative estimate of drug-likeness (QED) is 0.331. The molecular weight excluding hydrogens is 244 g/mol. The highest BCUT2D eigenvalue weighted by Crippen LogP contribution is 2.21. The van der Waals surface area contributed by atoms with Crippen LogP contribution in [0.4, 0.5) is 0 Å². The molecule has 1 aromatic heterocycles. The molecule has 6 nitrogen and oxygen atoms in total. The van der Waals surface area contributed by atoms with Crippen LogP contribution >= 0.6 is 11.8 Å². The van der Waals surface area contributed by atoms with Gasteiger partial charge in [0.2, 0.25) is 11.8 Å². The van der Waals surface area contributed by atoms with Crippen LogP contribution in [0.15, 0.2) is 11.2 Å². The largest absolute Gasteiger partial charge is 0.481 e. The Bertz CT molecular complexity index is 364. The molecule has 0 amide bonds. The zero-order valence-corrected chi connectivity index (χ0v) is 10.7. The minimum Gasteiger partial charge on any atom is -0.481 e. The predicted molar refractivity (Wildman–Crippen MR) is 62.2 cm³/mol. The van der Waals surface area contributed by atoms with Gasteiger partial charge < -0.3 is 14.2 Å². The van der Waals surface area contributed by atoms with Crippen LogP contribution in [0.3, 0.4) is 0 Å².